The van der Waals surface area contributed by atoms with Crippen molar-refractivity contribution < 1.29 is 23.9 Å². The summed E-state index contributed by atoms with van der Waals surface area (Å²) < 4.78 is 4.89. The maximum absolute atomic E-state index is 12.8. The predicted molar refractivity (Wildman–Crippen MR) is 87.8 cm³/mol. The van der Waals surface area contributed by atoms with Gasteiger partial charge in [-0.15, -0.1) is 0 Å². The predicted octanol–water partition coefficient (Wildman–Crippen LogP) is 0.979. The number of ether oxygens (including phenoxy) is 1. The van der Waals surface area contributed by atoms with E-state index in [2.05, 4.69) is 5.10 Å². The molecule has 0 saturated carbocycles. The first kappa shape index (κ1) is 17.1. The average Bonchev–Trinajstić information content (AvgIpc) is 3.06. The highest BCUT2D eigenvalue weighted by Gasteiger charge is 2.59. The minimum Gasteiger partial charge on any atom is -0.461 e. The van der Waals surface area contributed by atoms with Crippen molar-refractivity contribution in [2.75, 3.05) is 11.5 Å². The molecule has 0 bridgehead atoms. The van der Waals surface area contributed by atoms with Crippen LogP contribution in [0, 0.1) is 5.92 Å². The zero-order valence-electron chi connectivity index (χ0n) is 13.4. The smallest absolute Gasteiger partial charge is 0.355 e. The summed E-state index contributed by atoms with van der Waals surface area (Å²) in [4.78, 5) is 50.5. The molecule has 9 heteroatoms. The van der Waals surface area contributed by atoms with Gasteiger partial charge in [0.2, 0.25) is 11.8 Å². The molecule has 2 aliphatic rings. The number of amides is 3. The summed E-state index contributed by atoms with van der Waals surface area (Å²) in [6, 6.07) is 5.00. The number of fused-ring (bicyclic) bond motifs is 1. The second-order valence-corrected chi connectivity index (χ2v) is 5.92. The maximum Gasteiger partial charge on any atom is 0.355 e. The molecule has 0 spiro atoms. The summed E-state index contributed by atoms with van der Waals surface area (Å²) in [5.41, 5.74) is 0.0218. The lowest BCUT2D eigenvalue weighted by molar-refractivity contribution is -0.136. The Balaban J connectivity index is 2.04. The third kappa shape index (κ3) is 2.68. The topological polar surface area (TPSA) is 96.3 Å². The van der Waals surface area contributed by atoms with Crippen molar-refractivity contribution in [3.8, 4) is 0 Å². The fraction of sp³-hybridized carbons (Fsp3) is 0.312. The van der Waals surface area contributed by atoms with E-state index >= 15 is 0 Å². The number of halogens is 1. The summed E-state index contributed by atoms with van der Waals surface area (Å²) in [7, 11) is 0. The summed E-state index contributed by atoms with van der Waals surface area (Å²) in [6.45, 7) is 2.89. The van der Waals surface area contributed by atoms with E-state index in [9.17, 15) is 19.2 Å². The molecule has 3 amide bonds. The van der Waals surface area contributed by atoms with Crippen LogP contribution in [-0.2, 0) is 23.9 Å². The zero-order valence-corrected chi connectivity index (χ0v) is 14.2. The van der Waals surface area contributed by atoms with Crippen LogP contribution < -0.4 is 4.90 Å². The van der Waals surface area contributed by atoms with Gasteiger partial charge in [-0.25, -0.2) is 14.7 Å². The van der Waals surface area contributed by atoms with Crippen molar-refractivity contribution in [3.05, 3.63) is 29.3 Å². The first-order valence-corrected chi connectivity index (χ1v) is 7.93. The Labute approximate surface area is 148 Å². The molecule has 1 aromatic carbocycles. The molecule has 2 heterocycles. The standard InChI is InChI=1S/C16H14ClN3O5/c1-3-25-16(24)12-11-13(20(18-12)8(2)21)15(23)19(14(11)22)10-6-4-5-9(17)7-10/h4-7,11,13H,3H2,1-2H3/t11-,13+/m0/s1. The second-order valence-electron chi connectivity index (χ2n) is 5.48. The Morgan fingerprint density at radius 1 is 1.28 bits per heavy atom. The van der Waals surface area contributed by atoms with E-state index in [1.807, 2.05) is 0 Å². The van der Waals surface area contributed by atoms with Crippen molar-refractivity contribution >= 4 is 46.7 Å². The van der Waals surface area contributed by atoms with Crippen molar-refractivity contribution in [2.45, 2.75) is 19.9 Å². The number of anilines is 1. The van der Waals surface area contributed by atoms with Crippen LogP contribution in [0.5, 0.6) is 0 Å². The van der Waals surface area contributed by atoms with Crippen molar-refractivity contribution in [3.63, 3.8) is 0 Å². The molecular weight excluding hydrogens is 350 g/mol. The molecule has 0 aliphatic carbocycles. The maximum atomic E-state index is 12.8. The highest BCUT2D eigenvalue weighted by molar-refractivity contribution is 6.47. The first-order valence-electron chi connectivity index (χ1n) is 7.55. The molecular formula is C16H14ClN3O5. The number of benzene rings is 1. The molecule has 2 aliphatic heterocycles. The molecule has 25 heavy (non-hydrogen) atoms. The number of esters is 1. The fourth-order valence-electron chi connectivity index (χ4n) is 2.92. The molecule has 1 aromatic rings. The number of hydrogen-bond donors (Lipinski definition) is 0. The van der Waals surface area contributed by atoms with Crippen LogP contribution in [-0.4, -0.2) is 47.1 Å². The van der Waals surface area contributed by atoms with Gasteiger partial charge in [0.05, 0.1) is 12.3 Å². The SMILES string of the molecule is CCOC(=O)C1=NN(C(C)=O)[C@H]2C(=O)N(c3cccc(Cl)c3)C(=O)[C@@H]12. The lowest BCUT2D eigenvalue weighted by Gasteiger charge is -2.19. The highest BCUT2D eigenvalue weighted by Crippen LogP contribution is 2.36. The molecule has 1 saturated heterocycles. The number of hydrazone groups is 1. The number of nitrogens with zero attached hydrogens (tertiary/aromatic N) is 3. The zero-order chi connectivity index (χ0) is 18.3. The van der Waals surface area contributed by atoms with E-state index in [4.69, 9.17) is 16.3 Å². The van der Waals surface area contributed by atoms with Gasteiger partial charge in [0.1, 0.15) is 5.92 Å². The van der Waals surface area contributed by atoms with E-state index in [1.165, 1.54) is 13.0 Å². The molecule has 8 nitrogen and oxygen atoms in total. The van der Waals surface area contributed by atoms with E-state index in [0.29, 0.717) is 5.02 Å². The quantitative estimate of drug-likeness (QED) is 0.589. The van der Waals surface area contributed by atoms with Gasteiger partial charge < -0.3 is 4.74 Å². The molecule has 0 radical (unpaired) electrons. The second kappa shape index (κ2) is 6.29. The molecule has 2 atom stereocenters. The summed E-state index contributed by atoms with van der Waals surface area (Å²) in [5.74, 6) is -3.85. The normalized spacial score (nSPS) is 22.1. The molecule has 130 valence electrons. The number of rotatable bonds is 3. The van der Waals surface area contributed by atoms with Gasteiger partial charge in [-0.3, -0.25) is 14.4 Å². The van der Waals surface area contributed by atoms with Gasteiger partial charge in [-0.2, -0.15) is 5.10 Å². The van der Waals surface area contributed by atoms with E-state index in [-0.39, 0.29) is 18.0 Å². The summed E-state index contributed by atoms with van der Waals surface area (Å²) in [6.07, 6.45) is 0. The van der Waals surface area contributed by atoms with E-state index in [0.717, 1.165) is 9.91 Å². The molecule has 0 unspecified atom stereocenters. The Kier molecular flexibility index (Phi) is 4.30. The Morgan fingerprint density at radius 3 is 2.60 bits per heavy atom. The third-order valence-electron chi connectivity index (χ3n) is 3.92. The molecule has 1 fully saturated rings. The lowest BCUT2D eigenvalue weighted by Crippen LogP contribution is -2.41. The Hall–Kier alpha value is -2.74. The summed E-state index contributed by atoms with van der Waals surface area (Å²) >= 11 is 5.93. The van der Waals surface area contributed by atoms with Gasteiger partial charge in [-0.1, -0.05) is 17.7 Å². The van der Waals surface area contributed by atoms with Crippen LogP contribution in [0.2, 0.25) is 5.02 Å². The van der Waals surface area contributed by atoms with Gasteiger partial charge in [0, 0.05) is 11.9 Å². The van der Waals surface area contributed by atoms with Gasteiger partial charge in [0.15, 0.2) is 11.8 Å². The first-order chi connectivity index (χ1) is 11.9. The third-order valence-corrected chi connectivity index (χ3v) is 4.16. The number of hydrogen-bond acceptors (Lipinski definition) is 6. The lowest BCUT2D eigenvalue weighted by atomic mass is 9.98. The van der Waals surface area contributed by atoms with Crippen molar-refractivity contribution in [2.24, 2.45) is 11.0 Å². The number of carbonyl (C=O) groups is 4. The monoisotopic (exact) mass is 363 g/mol. The van der Waals surface area contributed by atoms with Crippen LogP contribution in [0.3, 0.4) is 0 Å². The van der Waals surface area contributed by atoms with Gasteiger partial charge in [-0.05, 0) is 25.1 Å². The Morgan fingerprint density at radius 2 is 2.00 bits per heavy atom. The van der Waals surface area contributed by atoms with E-state index < -0.39 is 35.7 Å². The molecule has 0 N–H and O–H groups in total. The largest absolute Gasteiger partial charge is 0.461 e. The van der Waals surface area contributed by atoms with Crippen molar-refractivity contribution in [1.82, 2.24) is 5.01 Å². The van der Waals surface area contributed by atoms with Crippen LogP contribution >= 0.6 is 11.6 Å². The highest BCUT2D eigenvalue weighted by atomic mass is 35.5. The van der Waals surface area contributed by atoms with Crippen LogP contribution in [0.25, 0.3) is 0 Å². The number of carbonyl (C=O) groups excluding carboxylic acids is 4. The number of imide groups is 1. The van der Waals surface area contributed by atoms with Crippen LogP contribution in [0.15, 0.2) is 29.4 Å². The van der Waals surface area contributed by atoms with Crippen molar-refractivity contribution in [1.29, 1.82) is 0 Å². The fourth-order valence-corrected chi connectivity index (χ4v) is 3.10. The Bertz CT molecular complexity index is 822. The minimum atomic E-state index is -1.19. The molecule has 3 rings (SSSR count). The van der Waals surface area contributed by atoms with Crippen LogP contribution in [0.1, 0.15) is 13.8 Å². The van der Waals surface area contributed by atoms with E-state index in [1.54, 1.807) is 25.1 Å². The average molecular weight is 364 g/mol. The van der Waals surface area contributed by atoms with Gasteiger partial charge >= 0.3 is 5.97 Å². The van der Waals surface area contributed by atoms with Crippen LogP contribution in [0.4, 0.5) is 5.69 Å². The summed E-state index contributed by atoms with van der Waals surface area (Å²) in [5, 5.41) is 5.08. The molecule has 0 aromatic heterocycles. The minimum absolute atomic E-state index is 0.0788. The van der Waals surface area contributed by atoms with Gasteiger partial charge in [0.25, 0.3) is 5.91 Å².